The summed E-state index contributed by atoms with van der Waals surface area (Å²) in [7, 11) is -3.90. The highest BCUT2D eigenvalue weighted by atomic mass is 35.5. The van der Waals surface area contributed by atoms with E-state index in [1.807, 2.05) is 12.1 Å². The van der Waals surface area contributed by atoms with E-state index in [1.54, 1.807) is 12.1 Å². The first-order valence-electron chi connectivity index (χ1n) is 5.67. The molecular formula is C13H12ClFN2O2S. The first-order valence-corrected chi connectivity index (χ1v) is 7.59. The highest BCUT2D eigenvalue weighted by Crippen LogP contribution is 2.19. The Labute approximate surface area is 121 Å². The minimum Gasteiger partial charge on any atom is -0.379 e. The van der Waals surface area contributed by atoms with E-state index in [4.69, 9.17) is 16.7 Å². The minimum atomic E-state index is -3.90. The monoisotopic (exact) mass is 314 g/mol. The van der Waals surface area contributed by atoms with Gasteiger partial charge in [0.25, 0.3) is 0 Å². The zero-order valence-corrected chi connectivity index (χ0v) is 11.9. The Morgan fingerprint density at radius 1 is 1.15 bits per heavy atom. The largest absolute Gasteiger partial charge is 0.379 e. The van der Waals surface area contributed by atoms with E-state index in [1.165, 1.54) is 12.1 Å². The van der Waals surface area contributed by atoms with E-state index in [0.29, 0.717) is 11.6 Å². The first kappa shape index (κ1) is 14.8. The molecule has 0 saturated carbocycles. The number of primary sulfonamides is 1. The maximum absolute atomic E-state index is 13.7. The lowest BCUT2D eigenvalue weighted by Crippen LogP contribution is -2.12. The highest BCUT2D eigenvalue weighted by molar-refractivity contribution is 7.89. The van der Waals surface area contributed by atoms with Crippen molar-refractivity contribution >= 4 is 27.3 Å². The minimum absolute atomic E-state index is 0.201. The summed E-state index contributed by atoms with van der Waals surface area (Å²) in [6.45, 7) is 0.392. The molecule has 0 fully saturated rings. The van der Waals surface area contributed by atoms with E-state index >= 15 is 0 Å². The van der Waals surface area contributed by atoms with Crippen LogP contribution >= 0.6 is 11.6 Å². The summed E-state index contributed by atoms with van der Waals surface area (Å²) in [5, 5.41) is 8.42. The Kier molecular flexibility index (Phi) is 4.27. The average molecular weight is 315 g/mol. The predicted molar refractivity (Wildman–Crippen MR) is 76.6 cm³/mol. The van der Waals surface area contributed by atoms with Gasteiger partial charge >= 0.3 is 0 Å². The van der Waals surface area contributed by atoms with Crippen LogP contribution in [0.2, 0.25) is 5.02 Å². The van der Waals surface area contributed by atoms with Gasteiger partial charge in [-0.1, -0.05) is 23.7 Å². The lowest BCUT2D eigenvalue weighted by Gasteiger charge is -2.09. The molecule has 0 aliphatic rings. The molecule has 0 unspecified atom stereocenters. The molecule has 0 bridgehead atoms. The van der Waals surface area contributed by atoms with Gasteiger partial charge < -0.3 is 5.32 Å². The molecule has 3 N–H and O–H groups in total. The molecule has 0 heterocycles. The van der Waals surface area contributed by atoms with Crippen molar-refractivity contribution < 1.29 is 12.8 Å². The second-order valence-electron chi connectivity index (χ2n) is 4.17. The molecule has 0 aromatic heterocycles. The van der Waals surface area contributed by atoms with Gasteiger partial charge in [0.05, 0.1) is 10.6 Å². The van der Waals surface area contributed by atoms with Crippen LogP contribution in [0, 0.1) is 5.82 Å². The van der Waals surface area contributed by atoms with Gasteiger partial charge in [-0.3, -0.25) is 0 Å². The van der Waals surface area contributed by atoms with Gasteiger partial charge in [-0.05, 0) is 35.9 Å². The summed E-state index contributed by atoms with van der Waals surface area (Å²) in [5.74, 6) is -0.675. The van der Waals surface area contributed by atoms with Gasteiger partial charge in [0.1, 0.15) is 5.82 Å². The van der Waals surface area contributed by atoms with E-state index in [9.17, 15) is 12.8 Å². The second kappa shape index (κ2) is 5.78. The van der Waals surface area contributed by atoms with Crippen LogP contribution in [0.5, 0.6) is 0 Å². The fourth-order valence-electron chi connectivity index (χ4n) is 1.62. The molecule has 2 aromatic rings. The quantitative estimate of drug-likeness (QED) is 0.911. The topological polar surface area (TPSA) is 72.2 Å². The van der Waals surface area contributed by atoms with Crippen molar-refractivity contribution in [3.8, 4) is 0 Å². The number of sulfonamides is 1. The third-order valence-electron chi connectivity index (χ3n) is 2.67. The number of halogens is 2. The normalized spacial score (nSPS) is 11.3. The summed E-state index contributed by atoms with van der Waals surface area (Å²) in [4.78, 5) is -0.257. The maximum atomic E-state index is 13.7. The summed E-state index contributed by atoms with van der Waals surface area (Å²) in [6, 6.07) is 10.6. The fraction of sp³-hybridized carbons (Fsp3) is 0.0769. The standard InChI is InChI=1S/C13H12ClFN2O2S/c14-10-3-1-9(2-4-10)8-17-13-6-5-11(7-12(13)15)20(16,18)19/h1-7,17H,8H2,(H2,16,18,19). The van der Waals surface area contributed by atoms with E-state index in [2.05, 4.69) is 5.32 Å². The van der Waals surface area contributed by atoms with E-state index in [0.717, 1.165) is 11.6 Å². The van der Waals surface area contributed by atoms with Crippen molar-refractivity contribution in [2.24, 2.45) is 5.14 Å². The molecule has 0 amide bonds. The third-order valence-corrected chi connectivity index (χ3v) is 3.83. The third kappa shape index (κ3) is 3.69. The fourth-order valence-corrected chi connectivity index (χ4v) is 2.27. The van der Waals surface area contributed by atoms with Crippen LogP contribution in [0.3, 0.4) is 0 Å². The Hall–Kier alpha value is -1.63. The Balaban J connectivity index is 2.12. The van der Waals surface area contributed by atoms with Gasteiger partial charge in [-0.2, -0.15) is 0 Å². The number of hydrogen-bond acceptors (Lipinski definition) is 3. The van der Waals surface area contributed by atoms with Crippen LogP contribution < -0.4 is 10.5 Å². The zero-order chi connectivity index (χ0) is 14.8. The molecule has 0 aliphatic heterocycles. The number of rotatable bonds is 4. The van der Waals surface area contributed by atoms with E-state index in [-0.39, 0.29) is 10.6 Å². The number of anilines is 1. The van der Waals surface area contributed by atoms with Crippen LogP contribution in [-0.4, -0.2) is 8.42 Å². The summed E-state index contributed by atoms with van der Waals surface area (Å²) < 4.78 is 35.9. The molecule has 4 nitrogen and oxygen atoms in total. The summed E-state index contributed by atoms with van der Waals surface area (Å²) >= 11 is 5.77. The Morgan fingerprint density at radius 3 is 2.35 bits per heavy atom. The SMILES string of the molecule is NS(=O)(=O)c1ccc(NCc2ccc(Cl)cc2)c(F)c1. The van der Waals surface area contributed by atoms with Crippen LogP contribution in [0.1, 0.15) is 5.56 Å². The van der Waals surface area contributed by atoms with Gasteiger partial charge in [0.2, 0.25) is 10.0 Å². The summed E-state index contributed by atoms with van der Waals surface area (Å²) in [5.41, 5.74) is 1.12. The Bertz CT molecular complexity index is 718. The van der Waals surface area contributed by atoms with Crippen LogP contribution in [0.4, 0.5) is 10.1 Å². The average Bonchev–Trinajstić information content (AvgIpc) is 2.38. The van der Waals surface area contributed by atoms with Gasteiger partial charge in [0.15, 0.2) is 0 Å². The van der Waals surface area contributed by atoms with Crippen molar-refractivity contribution in [2.45, 2.75) is 11.4 Å². The molecule has 0 saturated heterocycles. The predicted octanol–water partition coefficient (Wildman–Crippen LogP) is 2.74. The molecule has 0 spiro atoms. The molecule has 7 heteroatoms. The molecule has 0 radical (unpaired) electrons. The molecule has 0 aliphatic carbocycles. The maximum Gasteiger partial charge on any atom is 0.238 e. The lowest BCUT2D eigenvalue weighted by molar-refractivity contribution is 0.593. The zero-order valence-electron chi connectivity index (χ0n) is 10.3. The van der Waals surface area contributed by atoms with Crippen molar-refractivity contribution in [3.63, 3.8) is 0 Å². The number of hydrogen-bond donors (Lipinski definition) is 2. The van der Waals surface area contributed by atoms with Gasteiger partial charge in [-0.15, -0.1) is 0 Å². The second-order valence-corrected chi connectivity index (χ2v) is 6.16. The molecular weight excluding hydrogens is 303 g/mol. The van der Waals surface area contributed by atoms with Crippen LogP contribution in [0.25, 0.3) is 0 Å². The Morgan fingerprint density at radius 2 is 1.80 bits per heavy atom. The van der Waals surface area contributed by atoms with Crippen LogP contribution in [0.15, 0.2) is 47.4 Å². The molecule has 0 atom stereocenters. The van der Waals surface area contributed by atoms with Crippen molar-refractivity contribution in [1.82, 2.24) is 0 Å². The first-order chi connectivity index (χ1) is 9.36. The molecule has 20 heavy (non-hydrogen) atoms. The van der Waals surface area contributed by atoms with E-state index < -0.39 is 15.8 Å². The number of nitrogens with one attached hydrogen (secondary N) is 1. The van der Waals surface area contributed by atoms with Crippen molar-refractivity contribution in [2.75, 3.05) is 5.32 Å². The highest BCUT2D eigenvalue weighted by Gasteiger charge is 2.11. The lowest BCUT2D eigenvalue weighted by atomic mass is 10.2. The van der Waals surface area contributed by atoms with Gasteiger partial charge in [-0.25, -0.2) is 17.9 Å². The van der Waals surface area contributed by atoms with Gasteiger partial charge in [0, 0.05) is 11.6 Å². The number of benzene rings is 2. The number of nitrogens with two attached hydrogens (primary N) is 1. The smallest absolute Gasteiger partial charge is 0.238 e. The van der Waals surface area contributed by atoms with Crippen LogP contribution in [-0.2, 0) is 16.6 Å². The summed E-state index contributed by atoms with van der Waals surface area (Å²) in [6.07, 6.45) is 0. The molecule has 2 aromatic carbocycles. The van der Waals surface area contributed by atoms with Crippen molar-refractivity contribution in [3.05, 3.63) is 58.9 Å². The van der Waals surface area contributed by atoms with Crippen molar-refractivity contribution in [1.29, 1.82) is 0 Å². The molecule has 2 rings (SSSR count). The molecule has 106 valence electrons.